The van der Waals surface area contributed by atoms with E-state index < -0.39 is 0 Å². The van der Waals surface area contributed by atoms with Crippen LogP contribution in [-0.4, -0.2) is 30.6 Å². The summed E-state index contributed by atoms with van der Waals surface area (Å²) in [5.74, 6) is 1.65. The molecule has 2 heterocycles. The summed E-state index contributed by atoms with van der Waals surface area (Å²) in [5.41, 5.74) is 1.84. The third kappa shape index (κ3) is 2.88. The fraction of sp³-hybridized carbons (Fsp3) is 0.316. The minimum Gasteiger partial charge on any atom is -0.486 e. The van der Waals surface area contributed by atoms with E-state index in [1.54, 1.807) is 0 Å². The molecular weight excluding hydrogens is 370 g/mol. The van der Waals surface area contributed by atoms with Gasteiger partial charge in [-0.3, -0.25) is 4.79 Å². The number of fused-ring (bicyclic) bond motifs is 1. The summed E-state index contributed by atoms with van der Waals surface area (Å²) in [6.07, 6.45) is 1.99. The molecule has 0 radical (unpaired) electrons. The first-order chi connectivity index (χ1) is 11.7. The molecule has 1 saturated heterocycles. The standard InChI is InChI=1S/C19H18BrNO3/c20-15-6-3-13(4-7-15)19(22)21-9-1-2-16(21)14-5-8-17-18(12-14)24-11-10-23-17/h3-8,12,16H,1-2,9-11H2/t16-/m0/s1. The van der Waals surface area contributed by atoms with Gasteiger partial charge in [-0.25, -0.2) is 0 Å². The molecule has 5 heteroatoms. The van der Waals surface area contributed by atoms with Crippen molar-refractivity contribution in [1.82, 2.24) is 4.90 Å². The normalized spacial score (nSPS) is 19.4. The molecule has 0 aliphatic carbocycles. The number of carbonyl (C=O) groups is 1. The van der Waals surface area contributed by atoms with E-state index in [1.165, 1.54) is 0 Å². The quantitative estimate of drug-likeness (QED) is 0.774. The lowest BCUT2D eigenvalue weighted by Gasteiger charge is -2.27. The Labute approximate surface area is 149 Å². The Morgan fingerprint density at radius 3 is 2.58 bits per heavy atom. The van der Waals surface area contributed by atoms with Crippen LogP contribution in [0.4, 0.5) is 0 Å². The van der Waals surface area contributed by atoms with Crippen LogP contribution < -0.4 is 9.47 Å². The molecule has 0 bridgehead atoms. The van der Waals surface area contributed by atoms with Crippen molar-refractivity contribution in [2.75, 3.05) is 19.8 Å². The number of amides is 1. The van der Waals surface area contributed by atoms with Gasteiger partial charge in [-0.05, 0) is 54.8 Å². The largest absolute Gasteiger partial charge is 0.486 e. The van der Waals surface area contributed by atoms with Gasteiger partial charge in [0, 0.05) is 16.6 Å². The number of halogens is 1. The fourth-order valence-corrected chi connectivity index (χ4v) is 3.65. The van der Waals surface area contributed by atoms with Crippen molar-refractivity contribution < 1.29 is 14.3 Å². The van der Waals surface area contributed by atoms with Crippen LogP contribution in [0.1, 0.15) is 34.8 Å². The van der Waals surface area contributed by atoms with E-state index in [0.29, 0.717) is 13.2 Å². The molecule has 1 fully saturated rings. The number of nitrogens with zero attached hydrogens (tertiary/aromatic N) is 1. The van der Waals surface area contributed by atoms with Crippen LogP contribution in [0.15, 0.2) is 46.9 Å². The minimum absolute atomic E-state index is 0.0832. The van der Waals surface area contributed by atoms with E-state index in [-0.39, 0.29) is 11.9 Å². The first kappa shape index (κ1) is 15.5. The van der Waals surface area contributed by atoms with Gasteiger partial charge in [0.2, 0.25) is 0 Å². The van der Waals surface area contributed by atoms with Crippen LogP contribution in [0, 0.1) is 0 Å². The van der Waals surface area contributed by atoms with Crippen molar-refractivity contribution in [3.8, 4) is 11.5 Å². The van der Waals surface area contributed by atoms with Gasteiger partial charge in [-0.2, -0.15) is 0 Å². The van der Waals surface area contributed by atoms with Crippen molar-refractivity contribution in [2.24, 2.45) is 0 Å². The van der Waals surface area contributed by atoms with Crippen LogP contribution in [0.5, 0.6) is 11.5 Å². The second-order valence-electron chi connectivity index (χ2n) is 6.07. The van der Waals surface area contributed by atoms with Gasteiger partial charge in [0.15, 0.2) is 11.5 Å². The first-order valence-electron chi connectivity index (χ1n) is 8.18. The highest BCUT2D eigenvalue weighted by Gasteiger charge is 2.31. The third-order valence-corrected chi connectivity index (χ3v) is 5.08. The SMILES string of the molecule is O=C(c1ccc(Br)cc1)N1CCC[C@H]1c1ccc2c(c1)OCCO2. The van der Waals surface area contributed by atoms with E-state index >= 15 is 0 Å². The maximum atomic E-state index is 12.9. The number of ether oxygens (including phenoxy) is 2. The monoisotopic (exact) mass is 387 g/mol. The highest BCUT2D eigenvalue weighted by molar-refractivity contribution is 9.10. The molecule has 0 N–H and O–H groups in total. The number of rotatable bonds is 2. The van der Waals surface area contributed by atoms with Gasteiger partial charge in [-0.15, -0.1) is 0 Å². The van der Waals surface area contributed by atoms with E-state index in [4.69, 9.17) is 9.47 Å². The predicted octanol–water partition coefficient (Wildman–Crippen LogP) is 4.20. The van der Waals surface area contributed by atoms with E-state index in [0.717, 1.165) is 46.5 Å². The Bertz CT molecular complexity index is 760. The molecule has 4 nitrogen and oxygen atoms in total. The van der Waals surface area contributed by atoms with Gasteiger partial charge in [0.1, 0.15) is 13.2 Å². The van der Waals surface area contributed by atoms with Crippen LogP contribution in [-0.2, 0) is 0 Å². The Morgan fingerprint density at radius 1 is 1.04 bits per heavy atom. The number of carbonyl (C=O) groups excluding carboxylic acids is 1. The van der Waals surface area contributed by atoms with Gasteiger partial charge >= 0.3 is 0 Å². The van der Waals surface area contributed by atoms with Gasteiger partial charge in [-0.1, -0.05) is 22.0 Å². The summed E-state index contributed by atoms with van der Waals surface area (Å²) in [6.45, 7) is 1.95. The van der Waals surface area contributed by atoms with Gasteiger partial charge in [0.25, 0.3) is 5.91 Å². The molecule has 0 spiro atoms. The summed E-state index contributed by atoms with van der Waals surface area (Å²) in [7, 11) is 0. The number of hydrogen-bond donors (Lipinski definition) is 0. The second-order valence-corrected chi connectivity index (χ2v) is 6.98. The average Bonchev–Trinajstić information content (AvgIpc) is 3.11. The minimum atomic E-state index is 0.0832. The number of benzene rings is 2. The summed E-state index contributed by atoms with van der Waals surface area (Å²) in [5, 5.41) is 0. The molecule has 1 amide bonds. The lowest BCUT2D eigenvalue weighted by molar-refractivity contribution is 0.0735. The zero-order chi connectivity index (χ0) is 16.5. The van der Waals surface area contributed by atoms with Gasteiger partial charge in [0.05, 0.1) is 6.04 Å². The summed E-state index contributed by atoms with van der Waals surface area (Å²) in [4.78, 5) is 14.9. The molecule has 0 unspecified atom stereocenters. The molecule has 2 aromatic rings. The molecule has 124 valence electrons. The Kier molecular flexibility index (Phi) is 4.19. The molecule has 24 heavy (non-hydrogen) atoms. The van der Waals surface area contributed by atoms with E-state index in [2.05, 4.69) is 15.9 Å². The summed E-state index contributed by atoms with van der Waals surface area (Å²) < 4.78 is 12.2. The number of hydrogen-bond acceptors (Lipinski definition) is 3. The van der Waals surface area contributed by atoms with Crippen LogP contribution in [0.3, 0.4) is 0 Å². The third-order valence-electron chi connectivity index (χ3n) is 4.56. The molecular formula is C19H18BrNO3. The highest BCUT2D eigenvalue weighted by Crippen LogP contribution is 2.38. The van der Waals surface area contributed by atoms with Crippen molar-refractivity contribution >= 4 is 21.8 Å². The molecule has 0 aromatic heterocycles. The van der Waals surface area contributed by atoms with E-state index in [1.807, 2.05) is 47.4 Å². The summed E-state index contributed by atoms with van der Waals surface area (Å²) in [6, 6.07) is 13.7. The lowest BCUT2D eigenvalue weighted by atomic mass is 10.0. The summed E-state index contributed by atoms with van der Waals surface area (Å²) >= 11 is 3.41. The molecule has 2 aliphatic rings. The molecule has 1 atom stereocenters. The van der Waals surface area contributed by atoms with Crippen molar-refractivity contribution in [1.29, 1.82) is 0 Å². The zero-order valence-corrected chi connectivity index (χ0v) is 14.8. The fourth-order valence-electron chi connectivity index (χ4n) is 3.38. The van der Waals surface area contributed by atoms with Crippen LogP contribution in [0.25, 0.3) is 0 Å². The molecule has 2 aliphatic heterocycles. The second kappa shape index (κ2) is 6.48. The van der Waals surface area contributed by atoms with Crippen molar-refractivity contribution in [2.45, 2.75) is 18.9 Å². The highest BCUT2D eigenvalue weighted by atomic mass is 79.9. The molecule has 4 rings (SSSR count). The van der Waals surface area contributed by atoms with Crippen LogP contribution >= 0.6 is 15.9 Å². The van der Waals surface area contributed by atoms with Crippen molar-refractivity contribution in [3.05, 3.63) is 58.1 Å². The lowest BCUT2D eigenvalue weighted by Crippen LogP contribution is -2.30. The average molecular weight is 388 g/mol. The predicted molar refractivity (Wildman–Crippen MR) is 94.6 cm³/mol. The zero-order valence-electron chi connectivity index (χ0n) is 13.2. The van der Waals surface area contributed by atoms with Crippen LogP contribution in [0.2, 0.25) is 0 Å². The van der Waals surface area contributed by atoms with E-state index in [9.17, 15) is 4.79 Å². The molecule has 2 aromatic carbocycles. The Hall–Kier alpha value is -2.01. The first-order valence-corrected chi connectivity index (χ1v) is 8.98. The molecule has 0 saturated carbocycles. The van der Waals surface area contributed by atoms with Crippen molar-refractivity contribution in [3.63, 3.8) is 0 Å². The maximum Gasteiger partial charge on any atom is 0.254 e. The Morgan fingerprint density at radius 2 is 1.79 bits per heavy atom. The van der Waals surface area contributed by atoms with Gasteiger partial charge < -0.3 is 14.4 Å². The number of likely N-dealkylation sites (tertiary alicyclic amines) is 1. The Balaban J connectivity index is 1.60. The smallest absolute Gasteiger partial charge is 0.254 e. The maximum absolute atomic E-state index is 12.9. The topological polar surface area (TPSA) is 38.8 Å².